The molecule has 0 radical (unpaired) electrons. The van der Waals surface area contributed by atoms with Crippen molar-refractivity contribution in [3.8, 4) is 0 Å². The van der Waals surface area contributed by atoms with Crippen LogP contribution in [0.5, 0.6) is 0 Å². The number of hydrogen-bond acceptors (Lipinski definition) is 2. The number of aromatic carboxylic acids is 1. The number of amides is 1. The summed E-state index contributed by atoms with van der Waals surface area (Å²) in [7, 11) is 0. The molecule has 2 aliphatic rings. The number of rotatable bonds is 5. The predicted octanol–water partition coefficient (Wildman–Crippen LogP) is 4.84. The first kappa shape index (κ1) is 19.2. The van der Waals surface area contributed by atoms with Crippen molar-refractivity contribution < 1.29 is 19.1 Å². The molecule has 1 aliphatic heterocycles. The molecule has 5 rings (SSSR count). The van der Waals surface area contributed by atoms with Gasteiger partial charge in [0.25, 0.3) is 0 Å². The van der Waals surface area contributed by atoms with E-state index in [-0.39, 0.29) is 23.8 Å². The highest BCUT2D eigenvalue weighted by atomic mass is 19.1. The average molecular weight is 413 g/mol. The van der Waals surface area contributed by atoms with Crippen molar-refractivity contribution in [2.45, 2.75) is 23.8 Å². The number of anilines is 1. The van der Waals surface area contributed by atoms with Gasteiger partial charge in [-0.1, -0.05) is 54.6 Å². The van der Waals surface area contributed by atoms with Gasteiger partial charge in [-0.3, -0.25) is 4.79 Å². The van der Waals surface area contributed by atoms with Crippen LogP contribution in [-0.2, 0) is 22.2 Å². The van der Waals surface area contributed by atoms with Crippen LogP contribution in [0.15, 0.2) is 85.5 Å². The number of carbonyl (C=O) groups is 2. The minimum absolute atomic E-state index is 0.113. The molecule has 1 saturated carbocycles. The van der Waals surface area contributed by atoms with Crippen molar-refractivity contribution in [2.75, 3.05) is 4.90 Å². The van der Waals surface area contributed by atoms with Gasteiger partial charge in [-0.25, -0.2) is 9.18 Å². The molecule has 3 aromatic carbocycles. The molecule has 1 aliphatic carbocycles. The molecule has 2 unspecified atom stereocenters. The van der Waals surface area contributed by atoms with Crippen LogP contribution in [-0.4, -0.2) is 17.0 Å². The third-order valence-electron chi connectivity index (χ3n) is 6.66. The van der Waals surface area contributed by atoms with Crippen molar-refractivity contribution in [1.29, 1.82) is 0 Å². The summed E-state index contributed by atoms with van der Waals surface area (Å²) in [6, 6.07) is 20.7. The highest BCUT2D eigenvalue weighted by molar-refractivity contribution is 6.12. The largest absolute Gasteiger partial charge is 0.478 e. The second kappa shape index (κ2) is 6.64. The molecule has 0 bridgehead atoms. The number of nitrogens with zero attached hydrogens (tertiary/aromatic N) is 1. The Balaban J connectivity index is 1.61. The first-order valence-corrected chi connectivity index (χ1v) is 10.1. The second-order valence-electron chi connectivity index (χ2n) is 8.15. The van der Waals surface area contributed by atoms with E-state index in [4.69, 9.17) is 0 Å². The molecular weight excluding hydrogens is 393 g/mol. The molecule has 1 N–H and O–H groups in total. The first-order chi connectivity index (χ1) is 14.9. The third-order valence-corrected chi connectivity index (χ3v) is 6.66. The minimum Gasteiger partial charge on any atom is -0.478 e. The van der Waals surface area contributed by atoms with Crippen LogP contribution in [0.1, 0.15) is 33.5 Å². The van der Waals surface area contributed by atoms with Crippen molar-refractivity contribution >= 4 is 17.6 Å². The third kappa shape index (κ3) is 2.53. The van der Waals surface area contributed by atoms with Gasteiger partial charge in [0.1, 0.15) is 5.82 Å². The summed E-state index contributed by atoms with van der Waals surface area (Å²) in [5.74, 6) is -1.48. The Morgan fingerprint density at radius 1 is 1.06 bits per heavy atom. The van der Waals surface area contributed by atoms with Crippen LogP contribution in [0.2, 0.25) is 0 Å². The predicted molar refractivity (Wildman–Crippen MR) is 116 cm³/mol. The summed E-state index contributed by atoms with van der Waals surface area (Å²) in [6.07, 6.45) is 2.15. The number of hydrogen-bond donors (Lipinski definition) is 1. The Hall–Kier alpha value is -3.73. The number of carbonyl (C=O) groups excluding carboxylic acids is 1. The Bertz CT molecular complexity index is 1250. The van der Waals surface area contributed by atoms with Gasteiger partial charge in [0.05, 0.1) is 17.5 Å². The molecule has 3 aromatic rings. The van der Waals surface area contributed by atoms with E-state index in [1.54, 1.807) is 47.4 Å². The number of fused-ring (bicyclic) bond motifs is 2. The number of carboxylic acid groups (broad SMARTS) is 1. The zero-order valence-corrected chi connectivity index (χ0v) is 16.7. The maximum atomic E-state index is 14.8. The van der Waals surface area contributed by atoms with Gasteiger partial charge in [-0.05, 0) is 47.4 Å². The summed E-state index contributed by atoms with van der Waals surface area (Å²) in [5, 5.41) is 9.30. The molecule has 1 amide bonds. The summed E-state index contributed by atoms with van der Waals surface area (Å²) in [5.41, 5.74) is 1.27. The van der Waals surface area contributed by atoms with E-state index in [1.807, 2.05) is 24.3 Å². The summed E-state index contributed by atoms with van der Waals surface area (Å²) < 4.78 is 14.8. The van der Waals surface area contributed by atoms with Gasteiger partial charge >= 0.3 is 5.97 Å². The maximum Gasteiger partial charge on any atom is 0.335 e. The lowest BCUT2D eigenvalue weighted by Crippen LogP contribution is -2.36. The normalized spacial score (nSPS) is 23.6. The fraction of sp³-hybridized carbons (Fsp3) is 0.154. The van der Waals surface area contributed by atoms with E-state index in [0.29, 0.717) is 12.0 Å². The fourth-order valence-corrected chi connectivity index (χ4v) is 5.15. The fourth-order valence-electron chi connectivity index (χ4n) is 5.15. The van der Waals surface area contributed by atoms with Crippen LogP contribution in [0.4, 0.5) is 10.1 Å². The molecule has 4 nitrogen and oxygen atoms in total. The van der Waals surface area contributed by atoms with E-state index in [0.717, 1.165) is 16.8 Å². The summed E-state index contributed by atoms with van der Waals surface area (Å²) in [4.78, 5) is 26.9. The molecular formula is C26H20FNO3. The average Bonchev–Trinajstić information content (AvgIpc) is 3.42. The number of para-hydroxylation sites is 1. The van der Waals surface area contributed by atoms with Crippen LogP contribution in [0, 0.1) is 5.82 Å². The lowest BCUT2D eigenvalue weighted by molar-refractivity contribution is -0.120. The molecule has 2 atom stereocenters. The zero-order valence-electron chi connectivity index (χ0n) is 16.7. The summed E-state index contributed by atoms with van der Waals surface area (Å²) in [6.45, 7) is 4.22. The molecule has 0 aromatic heterocycles. The van der Waals surface area contributed by atoms with Crippen LogP contribution >= 0.6 is 0 Å². The van der Waals surface area contributed by atoms with Gasteiger partial charge in [-0.15, -0.1) is 6.58 Å². The van der Waals surface area contributed by atoms with Gasteiger partial charge in [0, 0.05) is 11.1 Å². The van der Waals surface area contributed by atoms with E-state index < -0.39 is 16.8 Å². The van der Waals surface area contributed by atoms with Crippen molar-refractivity contribution in [2.24, 2.45) is 0 Å². The lowest BCUT2D eigenvalue weighted by atomic mass is 9.82. The number of halogens is 1. The standard InChI is InChI=1S/C26H20FNO3/c1-2-25(19-10-3-5-12-21(19)27)16-26(25)20-11-4-6-13-22(20)28(24(26)31)15-17-8-7-9-18(14-17)23(29)30/h2-14H,1,15-16H2,(H,29,30). The monoisotopic (exact) mass is 413 g/mol. The van der Waals surface area contributed by atoms with Gasteiger partial charge < -0.3 is 10.0 Å². The van der Waals surface area contributed by atoms with Crippen LogP contribution in [0.25, 0.3) is 0 Å². The Morgan fingerprint density at radius 3 is 2.48 bits per heavy atom. The Morgan fingerprint density at radius 2 is 1.77 bits per heavy atom. The lowest BCUT2D eigenvalue weighted by Gasteiger charge is -2.21. The van der Waals surface area contributed by atoms with Crippen LogP contribution in [0.3, 0.4) is 0 Å². The topological polar surface area (TPSA) is 57.6 Å². The molecule has 31 heavy (non-hydrogen) atoms. The van der Waals surface area contributed by atoms with Crippen molar-refractivity contribution in [3.05, 3.63) is 114 Å². The Labute approximate surface area is 179 Å². The summed E-state index contributed by atoms with van der Waals surface area (Å²) >= 11 is 0. The molecule has 1 heterocycles. The van der Waals surface area contributed by atoms with Gasteiger partial charge in [0.2, 0.25) is 5.91 Å². The van der Waals surface area contributed by atoms with E-state index in [9.17, 15) is 19.1 Å². The number of allylic oxidation sites excluding steroid dienone is 1. The van der Waals surface area contributed by atoms with E-state index in [2.05, 4.69) is 6.58 Å². The van der Waals surface area contributed by atoms with E-state index in [1.165, 1.54) is 12.1 Å². The van der Waals surface area contributed by atoms with Gasteiger partial charge in [-0.2, -0.15) is 0 Å². The SMILES string of the molecule is C=CC1(c2ccccc2F)CC12C(=O)N(Cc1cccc(C(=O)O)c1)c1ccccc12. The zero-order chi connectivity index (χ0) is 21.8. The van der Waals surface area contributed by atoms with E-state index >= 15 is 0 Å². The molecule has 0 saturated heterocycles. The maximum absolute atomic E-state index is 14.8. The Kier molecular flexibility index (Phi) is 4.12. The highest BCUT2D eigenvalue weighted by Gasteiger charge is 2.76. The highest BCUT2D eigenvalue weighted by Crippen LogP contribution is 2.71. The molecule has 154 valence electrons. The second-order valence-corrected chi connectivity index (χ2v) is 8.15. The van der Waals surface area contributed by atoms with Gasteiger partial charge in [0.15, 0.2) is 0 Å². The van der Waals surface area contributed by atoms with Crippen molar-refractivity contribution in [3.63, 3.8) is 0 Å². The number of benzene rings is 3. The molecule has 1 spiro atoms. The minimum atomic E-state index is -1.01. The first-order valence-electron chi connectivity index (χ1n) is 10.1. The van der Waals surface area contributed by atoms with Crippen LogP contribution < -0.4 is 4.90 Å². The molecule has 5 heteroatoms. The quantitative estimate of drug-likeness (QED) is 0.609. The smallest absolute Gasteiger partial charge is 0.335 e. The molecule has 1 fully saturated rings. The van der Waals surface area contributed by atoms with Crippen molar-refractivity contribution in [1.82, 2.24) is 0 Å². The number of carboxylic acids is 1.